The molecule has 0 bridgehead atoms. The molecular weight excluding hydrogens is 387 g/mol. The quantitative estimate of drug-likeness (QED) is 0.442. The first-order valence-corrected chi connectivity index (χ1v) is 10.1. The van der Waals surface area contributed by atoms with Gasteiger partial charge in [0.1, 0.15) is 5.75 Å². The van der Waals surface area contributed by atoms with E-state index in [2.05, 4.69) is 9.98 Å². The van der Waals surface area contributed by atoms with Gasteiger partial charge in [-0.2, -0.15) is 0 Å². The van der Waals surface area contributed by atoms with E-state index >= 15 is 0 Å². The van der Waals surface area contributed by atoms with Crippen LogP contribution in [0.5, 0.6) is 5.75 Å². The van der Waals surface area contributed by atoms with Crippen molar-refractivity contribution in [2.24, 2.45) is 4.99 Å². The fourth-order valence-electron chi connectivity index (χ4n) is 2.42. The molecule has 0 saturated carbocycles. The fraction of sp³-hybridized carbons (Fsp3) is 0.111. The average Bonchev–Trinajstić information content (AvgIpc) is 2.57. The number of hydrogen-bond donors (Lipinski definition) is 1. The number of para-hydroxylation sites is 1. The second-order valence-corrected chi connectivity index (χ2v) is 7.00. The summed E-state index contributed by atoms with van der Waals surface area (Å²) in [7, 11) is 9.53. The number of hydrogen-bond acceptors (Lipinski definition) is 3. The summed E-state index contributed by atoms with van der Waals surface area (Å²) in [6.07, 6.45) is 3.45. The van der Waals surface area contributed by atoms with Gasteiger partial charge in [-0.05, 0) is 43.2 Å². The first-order valence-electron chi connectivity index (χ1n) is 7.10. The number of fused-ring (bicyclic) bond motifs is 1. The molecule has 0 saturated heterocycles. The Morgan fingerprint density at radius 3 is 2.58 bits per heavy atom. The molecule has 24 heavy (non-hydrogen) atoms. The Kier molecular flexibility index (Phi) is 7.07. The molecule has 0 radical (unpaired) electrons. The topological polar surface area (TPSA) is 45.5 Å². The van der Waals surface area contributed by atoms with Crippen molar-refractivity contribution in [3.63, 3.8) is 0 Å². The number of phenolic OH excluding ortho intramolecular Hbond substituents is 1. The van der Waals surface area contributed by atoms with E-state index < -0.39 is 0 Å². The van der Waals surface area contributed by atoms with Crippen LogP contribution in [0.1, 0.15) is 16.7 Å². The molecule has 0 unspecified atom stereocenters. The number of nitrogens with zero attached hydrogens (tertiary/aromatic N) is 2. The van der Waals surface area contributed by atoms with Crippen LogP contribution in [0.2, 0.25) is 0 Å². The van der Waals surface area contributed by atoms with Crippen LogP contribution in [0.15, 0.2) is 53.7 Å². The molecule has 3 aromatic rings. The van der Waals surface area contributed by atoms with Gasteiger partial charge in [-0.1, -0.05) is 24.3 Å². The Morgan fingerprint density at radius 1 is 1.12 bits per heavy atom. The van der Waals surface area contributed by atoms with Gasteiger partial charge in [-0.3, -0.25) is 9.98 Å². The third-order valence-corrected chi connectivity index (χ3v) is 3.43. The zero-order chi connectivity index (χ0) is 17.5. The molecule has 1 aromatic heterocycles. The van der Waals surface area contributed by atoms with Gasteiger partial charge in [0.2, 0.25) is 0 Å². The van der Waals surface area contributed by atoms with Crippen molar-refractivity contribution in [1.29, 1.82) is 0 Å². The van der Waals surface area contributed by atoms with Crippen molar-refractivity contribution in [2.45, 2.75) is 13.8 Å². The first-order chi connectivity index (χ1) is 11.6. The van der Waals surface area contributed by atoms with E-state index in [-0.39, 0.29) is 18.9 Å². The average molecular weight is 403 g/mol. The van der Waals surface area contributed by atoms with Gasteiger partial charge in [0, 0.05) is 23.4 Å². The van der Waals surface area contributed by atoms with Crippen LogP contribution in [0.3, 0.4) is 0 Å². The molecule has 2 aromatic carbocycles. The Morgan fingerprint density at radius 2 is 1.83 bits per heavy atom. The first kappa shape index (κ1) is 18.8. The van der Waals surface area contributed by atoms with Crippen LogP contribution in [0, 0.1) is 13.8 Å². The predicted molar refractivity (Wildman–Crippen MR) is 98.3 cm³/mol. The summed E-state index contributed by atoms with van der Waals surface area (Å²) in [5.74, 6) is 0.276. The minimum atomic E-state index is 0.194. The number of benzene rings is 2. The second-order valence-electron chi connectivity index (χ2n) is 5.18. The summed E-state index contributed by atoms with van der Waals surface area (Å²) >= 11 is 0.194. The number of aryl methyl sites for hydroxylation is 2. The molecule has 0 aliphatic heterocycles. The molecule has 3 nitrogen and oxygen atoms in total. The molecule has 1 N–H and O–H groups in total. The van der Waals surface area contributed by atoms with E-state index in [4.69, 9.17) is 20.2 Å². The summed E-state index contributed by atoms with van der Waals surface area (Å²) in [4.78, 5) is 8.87. The van der Waals surface area contributed by atoms with Crippen molar-refractivity contribution in [3.05, 3.63) is 65.4 Å². The van der Waals surface area contributed by atoms with Crippen LogP contribution >= 0.6 is 20.2 Å². The number of phenols is 1. The zero-order valence-electron chi connectivity index (χ0n) is 13.1. The molecule has 0 aliphatic rings. The zero-order valence-corrected chi connectivity index (χ0v) is 15.8. The van der Waals surface area contributed by atoms with Crippen molar-refractivity contribution in [3.8, 4) is 5.75 Å². The summed E-state index contributed by atoms with van der Waals surface area (Å²) in [6, 6.07) is 13.7. The Labute approximate surface area is 156 Å². The Bertz CT molecular complexity index is 864. The van der Waals surface area contributed by atoms with Gasteiger partial charge in [-0.25, -0.2) is 0 Å². The number of rotatable bonds is 2. The summed E-state index contributed by atoms with van der Waals surface area (Å²) in [6.45, 7) is 3.89. The van der Waals surface area contributed by atoms with E-state index in [0.717, 1.165) is 33.3 Å². The predicted octanol–water partition coefficient (Wildman–Crippen LogP) is 5.68. The van der Waals surface area contributed by atoms with Gasteiger partial charge in [0.05, 0.1) is 11.2 Å². The van der Waals surface area contributed by atoms with Crippen LogP contribution < -0.4 is 0 Å². The van der Waals surface area contributed by atoms with Crippen molar-refractivity contribution in [2.75, 3.05) is 0 Å². The Hall–Kier alpha value is -1.58. The standard InChI is InChI=1S/C18H16N2O.2ClH.Fe/c1-12-9-13(2)18(21)15(10-12)11-20-16-7-3-5-14-6-4-8-19-17(14)16;;;/h3-11,21H,1-2H3;2*1H;/q;;;+2/p-2. The van der Waals surface area contributed by atoms with E-state index in [0.29, 0.717) is 0 Å². The fourth-order valence-corrected chi connectivity index (χ4v) is 2.42. The minimum absolute atomic E-state index is 0.194. The maximum atomic E-state index is 10.1. The number of aromatic nitrogens is 1. The normalized spacial score (nSPS) is 10.8. The molecule has 126 valence electrons. The van der Waals surface area contributed by atoms with Crippen molar-refractivity contribution < 1.29 is 18.2 Å². The molecular formula is C18H16Cl2FeN2O. The summed E-state index contributed by atoms with van der Waals surface area (Å²) in [5.41, 5.74) is 4.34. The third kappa shape index (κ3) is 4.71. The summed E-state index contributed by atoms with van der Waals surface area (Å²) in [5, 5.41) is 11.2. The van der Waals surface area contributed by atoms with Crippen LogP contribution in [-0.4, -0.2) is 16.3 Å². The monoisotopic (exact) mass is 402 g/mol. The molecule has 0 spiro atoms. The number of pyridine rings is 1. The number of halogens is 2. The number of aromatic hydroxyl groups is 1. The molecule has 0 fully saturated rings. The molecule has 1 heterocycles. The van der Waals surface area contributed by atoms with Gasteiger partial charge in [0.15, 0.2) is 0 Å². The van der Waals surface area contributed by atoms with Gasteiger partial charge in [-0.15, -0.1) is 0 Å². The third-order valence-electron chi connectivity index (χ3n) is 3.43. The Balaban J connectivity index is 0.000000647. The molecule has 3 rings (SSSR count). The van der Waals surface area contributed by atoms with Gasteiger partial charge in [0.25, 0.3) is 0 Å². The van der Waals surface area contributed by atoms with E-state index in [1.54, 1.807) is 12.4 Å². The van der Waals surface area contributed by atoms with Crippen LogP contribution in [0.4, 0.5) is 5.69 Å². The van der Waals surface area contributed by atoms with Crippen LogP contribution in [0.25, 0.3) is 10.9 Å². The van der Waals surface area contributed by atoms with Gasteiger partial charge >= 0.3 is 33.3 Å². The van der Waals surface area contributed by atoms with Gasteiger partial charge < -0.3 is 5.11 Å². The summed E-state index contributed by atoms with van der Waals surface area (Å²) < 4.78 is 0. The van der Waals surface area contributed by atoms with E-state index in [1.807, 2.05) is 56.3 Å². The molecule has 0 amide bonds. The van der Waals surface area contributed by atoms with Crippen molar-refractivity contribution in [1.82, 2.24) is 4.98 Å². The molecule has 0 aliphatic carbocycles. The SMILES string of the molecule is Cc1cc(C)c(O)c(C=Nc2cccc3cccnc23)c1.[Cl][Fe][Cl]. The van der Waals surface area contributed by atoms with Crippen LogP contribution in [-0.2, 0) is 13.1 Å². The van der Waals surface area contributed by atoms with E-state index in [9.17, 15) is 5.11 Å². The second kappa shape index (κ2) is 9.05. The maximum absolute atomic E-state index is 10.1. The van der Waals surface area contributed by atoms with Crippen molar-refractivity contribution >= 4 is 43.0 Å². The molecule has 0 atom stereocenters. The molecule has 6 heteroatoms. The number of aliphatic imine (C=N–C) groups is 1. The van der Waals surface area contributed by atoms with E-state index in [1.165, 1.54) is 0 Å².